The second-order valence-electron chi connectivity index (χ2n) is 6.85. The first-order valence-corrected chi connectivity index (χ1v) is 10.7. The zero-order valence-electron chi connectivity index (χ0n) is 14.5. The molecule has 0 saturated carbocycles. The van der Waals surface area contributed by atoms with E-state index in [1.54, 1.807) is 4.90 Å². The minimum absolute atomic E-state index is 0.0443. The van der Waals surface area contributed by atoms with Crippen LogP contribution in [0.5, 0.6) is 0 Å². The average molecular weight is 363 g/mol. The van der Waals surface area contributed by atoms with Gasteiger partial charge in [-0.1, -0.05) is 18.2 Å². The Bertz CT molecular complexity index is 844. The number of aromatic nitrogens is 1. The number of hydrogen-bond donors (Lipinski definition) is 1. The van der Waals surface area contributed by atoms with E-state index < -0.39 is 9.84 Å². The Kier molecular flexibility index (Phi) is 5.32. The molecule has 1 N–H and O–H groups in total. The third-order valence-corrected chi connectivity index (χ3v) is 5.73. The molecule has 2 aromatic rings. The Morgan fingerprint density at radius 1 is 1.28 bits per heavy atom. The minimum Gasteiger partial charge on any atom is -0.346 e. The van der Waals surface area contributed by atoms with E-state index in [-0.39, 0.29) is 17.7 Å². The molecule has 1 aromatic carbocycles. The highest BCUT2D eigenvalue weighted by atomic mass is 32.2. The lowest BCUT2D eigenvalue weighted by Gasteiger charge is -2.32. The van der Waals surface area contributed by atoms with Crippen molar-refractivity contribution in [3.05, 3.63) is 36.5 Å². The summed E-state index contributed by atoms with van der Waals surface area (Å²) < 4.78 is 25.1. The molecular formula is C18H25N3O3S. The molecule has 0 bridgehead atoms. The lowest BCUT2D eigenvalue weighted by Crippen LogP contribution is -2.47. The van der Waals surface area contributed by atoms with E-state index in [0.717, 1.165) is 18.4 Å². The first kappa shape index (κ1) is 17.8. The summed E-state index contributed by atoms with van der Waals surface area (Å²) in [7, 11) is -3.00. The topological polar surface area (TPSA) is 71.4 Å². The molecule has 0 spiro atoms. The standard InChI is InChI=1S/C18H25N3O3S/c1-25(23,24)14-15-5-4-10-21(13-15)18(22)19-9-12-20-11-8-16-6-2-3-7-17(16)20/h2-3,6-8,11,15H,4-5,9-10,12-14H2,1H3,(H,19,22)/t15-/m1/s1. The summed E-state index contributed by atoms with van der Waals surface area (Å²) in [6.07, 6.45) is 5.01. The predicted octanol–water partition coefficient (Wildman–Crippen LogP) is 2.11. The Morgan fingerprint density at radius 3 is 2.88 bits per heavy atom. The third-order valence-electron chi connectivity index (χ3n) is 4.65. The van der Waals surface area contributed by atoms with Gasteiger partial charge in [-0.2, -0.15) is 0 Å². The maximum absolute atomic E-state index is 12.4. The van der Waals surface area contributed by atoms with Gasteiger partial charge in [0.2, 0.25) is 0 Å². The molecule has 1 fully saturated rings. The zero-order chi connectivity index (χ0) is 17.9. The molecule has 6 nitrogen and oxygen atoms in total. The maximum Gasteiger partial charge on any atom is 0.317 e. The zero-order valence-corrected chi connectivity index (χ0v) is 15.3. The van der Waals surface area contributed by atoms with E-state index in [1.807, 2.05) is 18.3 Å². The van der Waals surface area contributed by atoms with Crippen molar-refractivity contribution < 1.29 is 13.2 Å². The molecule has 136 valence electrons. The van der Waals surface area contributed by atoms with Crippen molar-refractivity contribution in [3.63, 3.8) is 0 Å². The van der Waals surface area contributed by atoms with E-state index in [9.17, 15) is 13.2 Å². The molecule has 25 heavy (non-hydrogen) atoms. The van der Waals surface area contributed by atoms with E-state index in [2.05, 4.69) is 28.1 Å². The fourth-order valence-corrected chi connectivity index (χ4v) is 4.67. The number of piperidine rings is 1. The predicted molar refractivity (Wildman–Crippen MR) is 99.3 cm³/mol. The van der Waals surface area contributed by atoms with Crippen molar-refractivity contribution in [2.45, 2.75) is 19.4 Å². The average Bonchev–Trinajstić information content (AvgIpc) is 2.97. The SMILES string of the molecule is CS(=O)(=O)C[C@@H]1CCCN(C(=O)NCCn2ccc3ccccc32)C1. The second kappa shape index (κ2) is 7.47. The van der Waals surface area contributed by atoms with Gasteiger partial charge in [0.25, 0.3) is 0 Å². The van der Waals surface area contributed by atoms with Crippen LogP contribution in [-0.2, 0) is 16.4 Å². The molecule has 7 heteroatoms. The molecule has 1 atom stereocenters. The third kappa shape index (κ3) is 4.75. The number of urea groups is 1. The van der Waals surface area contributed by atoms with Crippen LogP contribution in [0.1, 0.15) is 12.8 Å². The van der Waals surface area contributed by atoms with E-state index in [0.29, 0.717) is 26.2 Å². The number of carbonyl (C=O) groups is 1. The van der Waals surface area contributed by atoms with Crippen molar-refractivity contribution in [1.82, 2.24) is 14.8 Å². The molecular weight excluding hydrogens is 338 g/mol. The normalized spacial score (nSPS) is 18.4. The van der Waals surface area contributed by atoms with Crippen LogP contribution in [0.3, 0.4) is 0 Å². The minimum atomic E-state index is -3.00. The number of carbonyl (C=O) groups excluding carboxylic acids is 1. The van der Waals surface area contributed by atoms with Gasteiger partial charge in [0.05, 0.1) is 5.75 Å². The van der Waals surface area contributed by atoms with Crippen molar-refractivity contribution in [3.8, 4) is 0 Å². The number of likely N-dealkylation sites (tertiary alicyclic amines) is 1. The summed E-state index contributed by atoms with van der Waals surface area (Å²) >= 11 is 0. The maximum atomic E-state index is 12.4. The number of para-hydroxylation sites is 1. The van der Waals surface area contributed by atoms with Crippen LogP contribution in [-0.4, -0.2) is 55.6 Å². The summed E-state index contributed by atoms with van der Waals surface area (Å²) in [5.74, 6) is 0.203. The first-order valence-electron chi connectivity index (χ1n) is 8.67. The van der Waals surface area contributed by atoms with Crippen LogP contribution in [0, 0.1) is 5.92 Å². The number of rotatable bonds is 5. The number of nitrogens with zero attached hydrogens (tertiary/aromatic N) is 2. The van der Waals surface area contributed by atoms with Crippen molar-refractivity contribution in [2.24, 2.45) is 5.92 Å². The Morgan fingerprint density at radius 2 is 2.08 bits per heavy atom. The van der Waals surface area contributed by atoms with E-state index in [1.165, 1.54) is 11.6 Å². The highest BCUT2D eigenvalue weighted by Crippen LogP contribution is 2.18. The summed E-state index contributed by atoms with van der Waals surface area (Å²) in [5, 5.41) is 4.14. The highest BCUT2D eigenvalue weighted by Gasteiger charge is 2.25. The van der Waals surface area contributed by atoms with Crippen LogP contribution in [0.15, 0.2) is 36.5 Å². The van der Waals surface area contributed by atoms with Crippen LogP contribution >= 0.6 is 0 Å². The Labute approximate surface area is 148 Å². The summed E-state index contributed by atoms with van der Waals surface area (Å²) in [4.78, 5) is 14.1. The first-order chi connectivity index (χ1) is 11.9. The highest BCUT2D eigenvalue weighted by molar-refractivity contribution is 7.90. The van der Waals surface area contributed by atoms with Gasteiger partial charge < -0.3 is 14.8 Å². The second-order valence-corrected chi connectivity index (χ2v) is 9.03. The number of sulfone groups is 1. The number of nitrogens with one attached hydrogen (secondary N) is 1. The van der Waals surface area contributed by atoms with Gasteiger partial charge in [-0.25, -0.2) is 13.2 Å². The number of benzene rings is 1. The summed E-state index contributed by atoms with van der Waals surface area (Å²) in [6.45, 7) is 2.47. The van der Waals surface area contributed by atoms with Crippen LogP contribution in [0.2, 0.25) is 0 Å². The Balaban J connectivity index is 1.50. The molecule has 1 aromatic heterocycles. The molecule has 0 aliphatic carbocycles. The lowest BCUT2D eigenvalue weighted by atomic mass is 10.0. The van der Waals surface area contributed by atoms with Gasteiger partial charge in [-0.3, -0.25) is 0 Å². The molecule has 2 amide bonds. The van der Waals surface area contributed by atoms with Gasteiger partial charge in [-0.05, 0) is 36.3 Å². The van der Waals surface area contributed by atoms with Crippen molar-refractivity contribution in [1.29, 1.82) is 0 Å². The smallest absolute Gasteiger partial charge is 0.317 e. The summed E-state index contributed by atoms with van der Waals surface area (Å²) in [6, 6.07) is 10.1. The monoisotopic (exact) mass is 363 g/mol. The van der Waals surface area contributed by atoms with Gasteiger partial charge in [0.1, 0.15) is 9.84 Å². The van der Waals surface area contributed by atoms with Crippen molar-refractivity contribution in [2.75, 3.05) is 31.6 Å². The largest absolute Gasteiger partial charge is 0.346 e. The molecule has 0 radical (unpaired) electrons. The molecule has 0 unspecified atom stereocenters. The molecule has 1 aliphatic rings. The van der Waals surface area contributed by atoms with Gasteiger partial charge in [-0.15, -0.1) is 0 Å². The molecule has 3 rings (SSSR count). The van der Waals surface area contributed by atoms with E-state index in [4.69, 9.17) is 0 Å². The summed E-state index contributed by atoms with van der Waals surface area (Å²) in [5.41, 5.74) is 1.16. The van der Waals surface area contributed by atoms with Gasteiger partial charge >= 0.3 is 6.03 Å². The molecule has 1 saturated heterocycles. The lowest BCUT2D eigenvalue weighted by molar-refractivity contribution is 0.170. The number of fused-ring (bicyclic) bond motifs is 1. The van der Waals surface area contributed by atoms with Gasteiger partial charge in [0, 0.05) is 44.1 Å². The van der Waals surface area contributed by atoms with Crippen molar-refractivity contribution >= 4 is 26.8 Å². The van der Waals surface area contributed by atoms with Crippen LogP contribution < -0.4 is 5.32 Å². The molecule has 1 aliphatic heterocycles. The quantitative estimate of drug-likeness (QED) is 0.884. The van der Waals surface area contributed by atoms with Crippen LogP contribution in [0.4, 0.5) is 4.79 Å². The fraction of sp³-hybridized carbons (Fsp3) is 0.500. The fourth-order valence-electron chi connectivity index (χ4n) is 3.54. The Hall–Kier alpha value is -2.02. The number of hydrogen-bond acceptors (Lipinski definition) is 3. The number of amides is 2. The van der Waals surface area contributed by atoms with Crippen LogP contribution in [0.25, 0.3) is 10.9 Å². The van der Waals surface area contributed by atoms with Gasteiger partial charge in [0.15, 0.2) is 0 Å². The molecule has 2 heterocycles. The van der Waals surface area contributed by atoms with E-state index >= 15 is 0 Å².